The number of esters is 1. The van der Waals surface area contributed by atoms with Crippen molar-refractivity contribution in [2.75, 3.05) is 33.9 Å². The summed E-state index contributed by atoms with van der Waals surface area (Å²) in [6.45, 7) is 0.493. The normalized spacial score (nSPS) is 15.1. The first-order valence-corrected chi connectivity index (χ1v) is 12.3. The van der Waals surface area contributed by atoms with E-state index in [1.54, 1.807) is 36.4 Å². The molecule has 0 bridgehead atoms. The lowest BCUT2D eigenvalue weighted by Gasteiger charge is -2.33. The number of methoxy groups -OCH3 is 2. The van der Waals surface area contributed by atoms with Crippen LogP contribution in [0.15, 0.2) is 53.4 Å². The fourth-order valence-electron chi connectivity index (χ4n) is 3.74. The molecule has 2 aromatic carbocycles. The lowest BCUT2D eigenvalue weighted by Crippen LogP contribution is -2.45. The van der Waals surface area contributed by atoms with E-state index < -0.39 is 16.0 Å². The molecule has 8 nitrogen and oxygen atoms in total. The van der Waals surface area contributed by atoms with Crippen molar-refractivity contribution >= 4 is 33.5 Å². The highest BCUT2D eigenvalue weighted by molar-refractivity contribution is 7.89. The van der Waals surface area contributed by atoms with Gasteiger partial charge in [-0.1, -0.05) is 23.7 Å². The Kier molecular flexibility index (Phi) is 8.34. The molecule has 1 amide bonds. The number of halogens is 1. The highest BCUT2D eigenvalue weighted by Gasteiger charge is 2.34. The minimum atomic E-state index is -3.67. The molecule has 10 heteroatoms. The van der Waals surface area contributed by atoms with Crippen LogP contribution in [-0.2, 0) is 30.9 Å². The summed E-state index contributed by atoms with van der Waals surface area (Å²) in [5, 5.41) is 0.579. The van der Waals surface area contributed by atoms with E-state index in [1.807, 2.05) is 0 Å². The summed E-state index contributed by atoms with van der Waals surface area (Å²) in [6.07, 6.45) is 0.735. The maximum absolute atomic E-state index is 13.2. The Bertz CT molecular complexity index is 1070. The Hall–Kier alpha value is -2.62. The van der Waals surface area contributed by atoms with Crippen LogP contribution < -0.4 is 4.74 Å². The summed E-state index contributed by atoms with van der Waals surface area (Å²) in [7, 11) is -0.877. The van der Waals surface area contributed by atoms with Crippen molar-refractivity contribution < 1.29 is 27.5 Å². The Labute approximate surface area is 199 Å². The zero-order valence-corrected chi connectivity index (χ0v) is 20.1. The van der Waals surface area contributed by atoms with Gasteiger partial charge in [0.05, 0.1) is 19.1 Å². The molecule has 0 saturated carbocycles. The lowest BCUT2D eigenvalue weighted by atomic mass is 9.96. The molecule has 3 rings (SSSR count). The molecule has 1 fully saturated rings. The topological polar surface area (TPSA) is 93.2 Å². The molecule has 0 unspecified atom stereocenters. The zero-order chi connectivity index (χ0) is 24.0. The van der Waals surface area contributed by atoms with Gasteiger partial charge in [0.25, 0.3) is 0 Å². The molecule has 1 aliphatic rings. The van der Waals surface area contributed by atoms with Gasteiger partial charge in [-0.3, -0.25) is 9.59 Å². The number of amides is 1. The second-order valence-electron chi connectivity index (χ2n) is 7.75. The minimum absolute atomic E-state index is 0.178. The van der Waals surface area contributed by atoms with E-state index in [4.69, 9.17) is 21.1 Å². The van der Waals surface area contributed by atoms with Crippen molar-refractivity contribution in [3.63, 3.8) is 0 Å². The van der Waals surface area contributed by atoms with E-state index in [0.717, 1.165) is 5.56 Å². The number of sulfonamides is 1. The van der Waals surface area contributed by atoms with Gasteiger partial charge in [-0.2, -0.15) is 4.31 Å². The molecular weight excluding hydrogens is 468 g/mol. The third-order valence-corrected chi connectivity index (χ3v) is 7.81. The quantitative estimate of drug-likeness (QED) is 0.524. The van der Waals surface area contributed by atoms with Crippen LogP contribution in [0.4, 0.5) is 0 Å². The molecule has 0 N–H and O–H groups in total. The molecule has 2 aromatic rings. The number of carbonyl (C=O) groups is 2. The smallest absolute Gasteiger partial charge is 0.325 e. The molecule has 0 atom stereocenters. The van der Waals surface area contributed by atoms with Crippen LogP contribution in [-0.4, -0.2) is 63.4 Å². The van der Waals surface area contributed by atoms with Gasteiger partial charge >= 0.3 is 5.97 Å². The van der Waals surface area contributed by atoms with E-state index in [-0.39, 0.29) is 42.9 Å². The third kappa shape index (κ3) is 6.25. The molecule has 0 radical (unpaired) electrons. The average molecular weight is 495 g/mol. The number of carbonyl (C=O) groups excluding carboxylic acids is 2. The van der Waals surface area contributed by atoms with E-state index in [1.165, 1.54) is 35.6 Å². The average Bonchev–Trinajstić information content (AvgIpc) is 2.84. The molecule has 1 saturated heterocycles. The summed E-state index contributed by atoms with van der Waals surface area (Å²) >= 11 is 5.93. The van der Waals surface area contributed by atoms with Crippen molar-refractivity contribution in [1.82, 2.24) is 9.21 Å². The van der Waals surface area contributed by atoms with Crippen LogP contribution in [0.2, 0.25) is 5.02 Å². The monoisotopic (exact) mass is 494 g/mol. The number of piperidine rings is 1. The molecule has 1 heterocycles. The highest BCUT2D eigenvalue weighted by atomic mass is 35.5. The summed E-state index contributed by atoms with van der Waals surface area (Å²) in [5.74, 6) is -0.525. The van der Waals surface area contributed by atoms with Crippen molar-refractivity contribution in [2.24, 2.45) is 5.92 Å². The van der Waals surface area contributed by atoms with Crippen molar-refractivity contribution in [3.8, 4) is 5.75 Å². The predicted octanol–water partition coefficient (Wildman–Crippen LogP) is 2.95. The van der Waals surface area contributed by atoms with Gasteiger partial charge < -0.3 is 14.4 Å². The Morgan fingerprint density at radius 3 is 2.18 bits per heavy atom. The molecule has 0 aliphatic carbocycles. The van der Waals surface area contributed by atoms with E-state index in [2.05, 4.69) is 0 Å². The van der Waals surface area contributed by atoms with Crippen molar-refractivity contribution in [3.05, 3.63) is 59.1 Å². The first-order chi connectivity index (χ1) is 15.7. The second kappa shape index (κ2) is 11.0. The lowest BCUT2D eigenvalue weighted by molar-refractivity contribution is -0.149. The Morgan fingerprint density at radius 2 is 1.64 bits per heavy atom. The summed E-state index contributed by atoms with van der Waals surface area (Å²) < 4.78 is 37.2. The van der Waals surface area contributed by atoms with E-state index in [9.17, 15) is 18.0 Å². The zero-order valence-electron chi connectivity index (χ0n) is 18.6. The standard InChI is InChI=1S/C23H27ClN2O6S/c1-31-20-7-9-21(10-8-20)33(29,30)26-13-11-18(12-14-26)23(28)25(16-22(27)32-2)15-17-3-5-19(24)6-4-17/h3-10,18H,11-16H2,1-2H3. The fourth-order valence-corrected chi connectivity index (χ4v) is 5.34. The number of benzene rings is 2. The van der Waals surface area contributed by atoms with E-state index >= 15 is 0 Å². The second-order valence-corrected chi connectivity index (χ2v) is 10.1. The minimum Gasteiger partial charge on any atom is -0.497 e. The summed E-state index contributed by atoms with van der Waals surface area (Å²) in [4.78, 5) is 26.8. The van der Waals surface area contributed by atoms with Gasteiger partial charge in [0.15, 0.2) is 0 Å². The van der Waals surface area contributed by atoms with Crippen LogP contribution >= 0.6 is 11.6 Å². The predicted molar refractivity (Wildman–Crippen MR) is 123 cm³/mol. The molecule has 1 aliphatic heterocycles. The van der Waals surface area contributed by atoms with Gasteiger partial charge in [-0.25, -0.2) is 8.42 Å². The fraction of sp³-hybridized carbons (Fsp3) is 0.391. The summed E-state index contributed by atoms with van der Waals surface area (Å²) in [6, 6.07) is 13.3. The third-order valence-electron chi connectivity index (χ3n) is 5.65. The van der Waals surface area contributed by atoms with Gasteiger partial charge in [0.2, 0.25) is 15.9 Å². The van der Waals surface area contributed by atoms with Crippen LogP contribution in [0.25, 0.3) is 0 Å². The SMILES string of the molecule is COC(=O)CN(Cc1ccc(Cl)cc1)C(=O)C1CCN(S(=O)(=O)c2ccc(OC)cc2)CC1. The van der Waals surface area contributed by atoms with Gasteiger partial charge in [-0.15, -0.1) is 0 Å². The molecule has 33 heavy (non-hydrogen) atoms. The van der Waals surface area contributed by atoms with Gasteiger partial charge in [0, 0.05) is 30.6 Å². The number of nitrogens with zero attached hydrogens (tertiary/aromatic N) is 2. The highest BCUT2D eigenvalue weighted by Crippen LogP contribution is 2.27. The van der Waals surface area contributed by atoms with Crippen LogP contribution in [0, 0.1) is 5.92 Å². The number of hydrogen-bond donors (Lipinski definition) is 0. The number of ether oxygens (including phenoxy) is 2. The van der Waals surface area contributed by atoms with Crippen LogP contribution in [0.5, 0.6) is 5.75 Å². The number of rotatable bonds is 8. The molecule has 0 spiro atoms. The number of hydrogen-bond acceptors (Lipinski definition) is 6. The van der Waals surface area contributed by atoms with Crippen molar-refractivity contribution in [2.45, 2.75) is 24.3 Å². The Morgan fingerprint density at radius 1 is 1.03 bits per heavy atom. The van der Waals surface area contributed by atoms with Crippen LogP contribution in [0.3, 0.4) is 0 Å². The molecule has 0 aromatic heterocycles. The summed E-state index contributed by atoms with van der Waals surface area (Å²) in [5.41, 5.74) is 0.830. The maximum Gasteiger partial charge on any atom is 0.325 e. The maximum atomic E-state index is 13.2. The van der Waals surface area contributed by atoms with Gasteiger partial charge in [0.1, 0.15) is 12.3 Å². The Balaban J connectivity index is 1.67. The largest absolute Gasteiger partial charge is 0.497 e. The van der Waals surface area contributed by atoms with Crippen LogP contribution in [0.1, 0.15) is 18.4 Å². The first-order valence-electron chi connectivity index (χ1n) is 10.5. The molecule has 178 valence electrons. The van der Waals surface area contributed by atoms with E-state index in [0.29, 0.717) is 23.6 Å². The van der Waals surface area contributed by atoms with Crippen molar-refractivity contribution in [1.29, 1.82) is 0 Å². The van der Waals surface area contributed by atoms with Gasteiger partial charge in [-0.05, 0) is 54.8 Å². The first kappa shape index (κ1) is 25.0. The molecular formula is C23H27ClN2O6S.